The summed E-state index contributed by atoms with van der Waals surface area (Å²) in [5, 5.41) is 13.6. The van der Waals surface area contributed by atoms with Crippen LogP contribution in [0.5, 0.6) is 0 Å². The van der Waals surface area contributed by atoms with Crippen molar-refractivity contribution in [2.24, 2.45) is 11.8 Å². The Hall–Kier alpha value is -4.28. The molecule has 4 heterocycles. The molecule has 0 spiro atoms. The van der Waals surface area contributed by atoms with Crippen LogP contribution in [0.25, 0.3) is 6.08 Å². The summed E-state index contributed by atoms with van der Waals surface area (Å²) in [5.74, 6) is 2.47. The highest BCUT2D eigenvalue weighted by Crippen LogP contribution is 2.44. The Morgan fingerprint density at radius 3 is 2.36 bits per heavy atom. The van der Waals surface area contributed by atoms with E-state index in [2.05, 4.69) is 76.2 Å². The number of likely N-dealkylation sites (N-methyl/N-ethyl adjacent to an activating group) is 1. The average molecular weight is 792 g/mol. The van der Waals surface area contributed by atoms with Gasteiger partial charge in [-0.15, -0.1) is 11.8 Å². The molecule has 12 heteroatoms. The van der Waals surface area contributed by atoms with Gasteiger partial charge in [0, 0.05) is 31.0 Å². The molecule has 0 radical (unpaired) electrons. The zero-order valence-electron chi connectivity index (χ0n) is 32.9. The van der Waals surface area contributed by atoms with Crippen LogP contribution in [0, 0.1) is 23.2 Å². The lowest BCUT2D eigenvalue weighted by Crippen LogP contribution is -2.48. The summed E-state index contributed by atoms with van der Waals surface area (Å²) in [4.78, 5) is 42.5. The Bertz CT molecular complexity index is 2010. The first kappa shape index (κ1) is 39.9. The number of rotatable bonds is 13. The van der Waals surface area contributed by atoms with Crippen LogP contribution in [0.2, 0.25) is 0 Å². The Kier molecular flexibility index (Phi) is 12.8. The molecule has 0 bridgehead atoms. The van der Waals surface area contributed by atoms with Gasteiger partial charge in [0.25, 0.3) is 5.91 Å². The number of thioether (sulfide) groups is 1. The van der Waals surface area contributed by atoms with Crippen molar-refractivity contribution in [3.8, 4) is 6.07 Å². The fourth-order valence-corrected chi connectivity index (χ4v) is 9.62. The van der Waals surface area contributed by atoms with E-state index < -0.39 is 0 Å². The monoisotopic (exact) mass is 791 g/mol. The molecule has 3 aliphatic rings. The molecule has 1 aliphatic carbocycles. The Morgan fingerprint density at radius 2 is 1.71 bits per heavy atom. The zero-order valence-corrected chi connectivity index (χ0v) is 34.6. The molecular weight excluding hydrogens is 739 g/mol. The molecule has 2 aliphatic heterocycles. The molecule has 7 rings (SSSR count). The van der Waals surface area contributed by atoms with Crippen molar-refractivity contribution in [3.05, 3.63) is 101 Å². The number of hydrogen-bond acceptors (Lipinski definition) is 10. The van der Waals surface area contributed by atoms with Crippen LogP contribution in [-0.4, -0.2) is 75.8 Å². The summed E-state index contributed by atoms with van der Waals surface area (Å²) in [5.41, 5.74) is 3.34. The molecule has 4 aromatic rings. The van der Waals surface area contributed by atoms with Crippen molar-refractivity contribution >= 4 is 46.1 Å². The van der Waals surface area contributed by atoms with Crippen LogP contribution in [0.15, 0.2) is 81.2 Å². The molecule has 2 aromatic carbocycles. The SMILES string of the molecule is CN(C(=O)/C(C#N)=C/c1ccccc1)C(c1ccc(CN2CCC(N3CCC(C(=O)Nc4ncc(SCc5ncc(C(C)(C)C)o5)s4)CC3)CC2)cc1)C1CC1. The number of benzene rings is 2. The van der Waals surface area contributed by atoms with E-state index in [-0.39, 0.29) is 34.8 Å². The number of thiazole rings is 1. The number of likely N-dealkylation sites (tertiary alicyclic amines) is 2. The van der Waals surface area contributed by atoms with Crippen LogP contribution >= 0.6 is 23.1 Å². The largest absolute Gasteiger partial charge is 0.444 e. The number of piperidine rings is 2. The predicted octanol–water partition coefficient (Wildman–Crippen LogP) is 8.55. The fourth-order valence-electron chi connectivity index (χ4n) is 7.89. The van der Waals surface area contributed by atoms with Crippen LogP contribution in [-0.2, 0) is 27.3 Å². The zero-order chi connectivity index (χ0) is 39.2. The van der Waals surface area contributed by atoms with Crippen molar-refractivity contribution in [1.29, 1.82) is 5.26 Å². The molecule has 1 atom stereocenters. The van der Waals surface area contributed by atoms with Crippen molar-refractivity contribution in [1.82, 2.24) is 24.7 Å². The van der Waals surface area contributed by atoms with E-state index in [0.717, 1.165) is 92.3 Å². The third kappa shape index (κ3) is 10.2. The van der Waals surface area contributed by atoms with Gasteiger partial charge in [0.05, 0.1) is 28.4 Å². The molecule has 56 heavy (non-hydrogen) atoms. The lowest BCUT2D eigenvalue weighted by Gasteiger charge is -2.41. The number of aromatic nitrogens is 2. The number of nitrogens with zero attached hydrogens (tertiary/aromatic N) is 6. The van der Waals surface area contributed by atoms with Gasteiger partial charge in [0.1, 0.15) is 17.4 Å². The molecule has 10 nitrogen and oxygen atoms in total. The van der Waals surface area contributed by atoms with E-state index in [4.69, 9.17) is 4.42 Å². The summed E-state index contributed by atoms with van der Waals surface area (Å²) < 4.78 is 6.93. The number of nitrogens with one attached hydrogen (secondary N) is 1. The maximum Gasteiger partial charge on any atom is 0.264 e. The van der Waals surface area contributed by atoms with Crippen LogP contribution < -0.4 is 5.32 Å². The van der Waals surface area contributed by atoms with Gasteiger partial charge in [-0.05, 0) is 93.4 Å². The lowest BCUT2D eigenvalue weighted by atomic mass is 9.92. The van der Waals surface area contributed by atoms with E-state index in [0.29, 0.717) is 28.7 Å². The molecule has 2 saturated heterocycles. The predicted molar refractivity (Wildman–Crippen MR) is 223 cm³/mol. The minimum atomic E-state index is -0.234. The normalized spacial score (nSPS) is 18.4. The number of carbonyl (C=O) groups excluding carboxylic acids is 2. The maximum atomic E-state index is 13.5. The molecule has 3 fully saturated rings. The molecule has 1 unspecified atom stereocenters. The van der Waals surface area contributed by atoms with Gasteiger partial charge in [-0.1, -0.05) is 86.7 Å². The Balaban J connectivity index is 0.834. The smallest absolute Gasteiger partial charge is 0.264 e. The van der Waals surface area contributed by atoms with Gasteiger partial charge in [-0.25, -0.2) is 9.97 Å². The number of amides is 2. The highest BCUT2D eigenvalue weighted by Gasteiger charge is 2.38. The number of carbonyl (C=O) groups is 2. The minimum absolute atomic E-state index is 0.00835. The van der Waals surface area contributed by atoms with Gasteiger partial charge in [0.15, 0.2) is 5.13 Å². The molecule has 2 amide bonds. The van der Waals surface area contributed by atoms with E-state index in [1.54, 1.807) is 22.7 Å². The first-order valence-electron chi connectivity index (χ1n) is 19.9. The van der Waals surface area contributed by atoms with Gasteiger partial charge in [-0.3, -0.25) is 14.5 Å². The minimum Gasteiger partial charge on any atom is -0.444 e. The van der Waals surface area contributed by atoms with Crippen molar-refractivity contribution in [2.45, 2.75) is 93.3 Å². The number of anilines is 1. The standard InChI is InChI=1S/C44H53N7O3S2/c1-44(2,3)37-26-46-38(54-37)29-55-39-27-47-43(56-39)48-41(52)34-16-22-51(23-17-34)36-18-20-50(21-19-36)28-31-10-12-32(13-11-31)40(33-14-15-33)49(4)42(53)35(25-45)24-30-8-6-5-7-9-30/h5-13,24,26-27,33-34,36,40H,14-23,28-29H2,1-4H3,(H,47,48,52)/b35-24+. The van der Waals surface area contributed by atoms with Gasteiger partial charge < -0.3 is 19.5 Å². The van der Waals surface area contributed by atoms with Crippen molar-refractivity contribution < 1.29 is 14.0 Å². The van der Waals surface area contributed by atoms with Crippen LogP contribution in [0.3, 0.4) is 0 Å². The molecule has 1 N–H and O–H groups in total. The van der Waals surface area contributed by atoms with Crippen LogP contribution in [0.4, 0.5) is 5.13 Å². The average Bonchev–Trinajstić information content (AvgIpc) is 3.72. The number of hydrogen-bond donors (Lipinski definition) is 1. The van der Waals surface area contributed by atoms with E-state index >= 15 is 0 Å². The van der Waals surface area contributed by atoms with E-state index in [9.17, 15) is 14.9 Å². The topological polar surface area (TPSA) is 119 Å². The molecule has 2 aromatic heterocycles. The summed E-state index contributed by atoms with van der Waals surface area (Å²) in [6.07, 6.45) is 11.5. The molecular formula is C44H53N7O3S2. The van der Waals surface area contributed by atoms with Crippen molar-refractivity contribution in [2.75, 3.05) is 38.5 Å². The lowest BCUT2D eigenvalue weighted by molar-refractivity contribution is -0.128. The Morgan fingerprint density at radius 1 is 1.00 bits per heavy atom. The third-order valence-electron chi connectivity index (χ3n) is 11.3. The maximum absolute atomic E-state index is 13.5. The van der Waals surface area contributed by atoms with Gasteiger partial charge in [0.2, 0.25) is 11.8 Å². The summed E-state index contributed by atoms with van der Waals surface area (Å²) >= 11 is 3.12. The third-order valence-corrected chi connectivity index (χ3v) is 13.4. The first-order valence-corrected chi connectivity index (χ1v) is 21.7. The fraction of sp³-hybridized carbons (Fsp3) is 0.477. The number of oxazole rings is 1. The van der Waals surface area contributed by atoms with E-state index in [1.807, 2.05) is 49.8 Å². The molecule has 294 valence electrons. The molecule has 1 saturated carbocycles. The van der Waals surface area contributed by atoms with Gasteiger partial charge >= 0.3 is 0 Å². The highest BCUT2D eigenvalue weighted by atomic mass is 32.2. The van der Waals surface area contributed by atoms with Crippen LogP contribution in [0.1, 0.15) is 93.7 Å². The second kappa shape index (κ2) is 17.9. The quantitative estimate of drug-likeness (QED) is 0.0808. The highest BCUT2D eigenvalue weighted by molar-refractivity contribution is 8.00. The number of nitriles is 1. The van der Waals surface area contributed by atoms with E-state index in [1.165, 1.54) is 16.9 Å². The van der Waals surface area contributed by atoms with Gasteiger partial charge in [-0.2, -0.15) is 5.26 Å². The summed E-state index contributed by atoms with van der Waals surface area (Å²) in [6.45, 7) is 11.2. The first-order chi connectivity index (χ1) is 27.0. The summed E-state index contributed by atoms with van der Waals surface area (Å²) in [7, 11) is 1.83. The Labute approximate surface area is 339 Å². The summed E-state index contributed by atoms with van der Waals surface area (Å²) in [6, 6.07) is 21.0. The second-order valence-electron chi connectivity index (χ2n) is 16.5. The second-order valence-corrected chi connectivity index (χ2v) is 18.8. The van der Waals surface area contributed by atoms with Crippen molar-refractivity contribution in [3.63, 3.8) is 0 Å².